The molecule has 0 saturated heterocycles. The summed E-state index contributed by atoms with van der Waals surface area (Å²) in [5.41, 5.74) is 4.40. The summed E-state index contributed by atoms with van der Waals surface area (Å²) >= 11 is 6.49. The van der Waals surface area contributed by atoms with Gasteiger partial charge in [0.2, 0.25) is 0 Å². The molecule has 0 aliphatic heterocycles. The van der Waals surface area contributed by atoms with Crippen molar-refractivity contribution >= 4 is 11.6 Å². The standard InChI is InChI=1S/C17H21ClN2/c1-4-10-19-17(14-9-8-13(3)20-11-14)15-7-5-6-12(2)16(15)18/h5-9,11,17,19H,4,10H2,1-3H3. The van der Waals surface area contributed by atoms with Gasteiger partial charge in [-0.1, -0.05) is 42.8 Å². The molecule has 1 heterocycles. The minimum atomic E-state index is 0.0930. The highest BCUT2D eigenvalue weighted by Gasteiger charge is 2.17. The van der Waals surface area contributed by atoms with Crippen LogP contribution in [0.4, 0.5) is 0 Å². The largest absolute Gasteiger partial charge is 0.306 e. The number of rotatable bonds is 5. The first-order valence-electron chi connectivity index (χ1n) is 7.04. The Kier molecular flexibility index (Phi) is 5.16. The van der Waals surface area contributed by atoms with Crippen molar-refractivity contribution in [2.45, 2.75) is 33.2 Å². The van der Waals surface area contributed by atoms with Gasteiger partial charge in [-0.05, 0) is 49.6 Å². The predicted octanol–water partition coefficient (Wildman–Crippen LogP) is 4.44. The molecule has 0 aliphatic rings. The molecule has 1 aromatic carbocycles. The van der Waals surface area contributed by atoms with Gasteiger partial charge in [-0.25, -0.2) is 0 Å². The van der Waals surface area contributed by atoms with Crippen LogP contribution >= 0.6 is 11.6 Å². The summed E-state index contributed by atoms with van der Waals surface area (Å²) in [6.07, 6.45) is 3.01. The minimum absolute atomic E-state index is 0.0930. The van der Waals surface area contributed by atoms with E-state index >= 15 is 0 Å². The quantitative estimate of drug-likeness (QED) is 0.880. The van der Waals surface area contributed by atoms with Crippen molar-refractivity contribution in [3.8, 4) is 0 Å². The van der Waals surface area contributed by atoms with Crippen LogP contribution in [0.15, 0.2) is 36.5 Å². The lowest BCUT2D eigenvalue weighted by atomic mass is 9.98. The highest BCUT2D eigenvalue weighted by molar-refractivity contribution is 6.32. The SMILES string of the molecule is CCCNC(c1ccc(C)nc1)c1cccc(C)c1Cl. The fourth-order valence-electron chi connectivity index (χ4n) is 2.24. The van der Waals surface area contributed by atoms with Crippen LogP contribution in [-0.4, -0.2) is 11.5 Å². The van der Waals surface area contributed by atoms with E-state index in [4.69, 9.17) is 11.6 Å². The number of nitrogens with one attached hydrogen (secondary N) is 1. The number of hydrogen-bond donors (Lipinski definition) is 1. The molecule has 0 spiro atoms. The Balaban J connectivity index is 2.41. The normalized spacial score (nSPS) is 12.4. The third-order valence-corrected chi connectivity index (χ3v) is 3.92. The maximum absolute atomic E-state index is 6.49. The minimum Gasteiger partial charge on any atom is -0.306 e. The third-order valence-electron chi connectivity index (χ3n) is 3.40. The zero-order valence-corrected chi connectivity index (χ0v) is 13.0. The highest BCUT2D eigenvalue weighted by Crippen LogP contribution is 2.30. The molecule has 0 radical (unpaired) electrons. The van der Waals surface area contributed by atoms with Crippen molar-refractivity contribution in [2.24, 2.45) is 0 Å². The van der Waals surface area contributed by atoms with E-state index in [1.165, 1.54) is 0 Å². The van der Waals surface area contributed by atoms with E-state index in [1.807, 2.05) is 32.2 Å². The summed E-state index contributed by atoms with van der Waals surface area (Å²) in [5, 5.41) is 4.40. The molecule has 1 N–H and O–H groups in total. The fourth-order valence-corrected chi connectivity index (χ4v) is 2.47. The van der Waals surface area contributed by atoms with Gasteiger partial charge in [0.25, 0.3) is 0 Å². The van der Waals surface area contributed by atoms with Crippen LogP contribution < -0.4 is 5.32 Å². The molecular formula is C17H21ClN2. The highest BCUT2D eigenvalue weighted by atomic mass is 35.5. The van der Waals surface area contributed by atoms with Crippen molar-refractivity contribution in [3.05, 3.63) is 63.9 Å². The van der Waals surface area contributed by atoms with Crippen LogP contribution in [-0.2, 0) is 0 Å². The summed E-state index contributed by atoms with van der Waals surface area (Å²) in [6.45, 7) is 7.14. The van der Waals surface area contributed by atoms with E-state index in [2.05, 4.69) is 35.4 Å². The molecule has 2 nitrogen and oxygen atoms in total. The first-order valence-corrected chi connectivity index (χ1v) is 7.42. The van der Waals surface area contributed by atoms with Gasteiger partial charge in [-0.3, -0.25) is 4.98 Å². The Bertz CT molecular complexity index is 564. The molecule has 0 bridgehead atoms. The van der Waals surface area contributed by atoms with Crippen LogP contribution in [0, 0.1) is 13.8 Å². The molecule has 0 aliphatic carbocycles. The van der Waals surface area contributed by atoms with E-state index in [-0.39, 0.29) is 6.04 Å². The van der Waals surface area contributed by atoms with Gasteiger partial charge in [-0.2, -0.15) is 0 Å². The van der Waals surface area contributed by atoms with Crippen molar-refractivity contribution in [3.63, 3.8) is 0 Å². The molecule has 2 rings (SSSR count). The van der Waals surface area contributed by atoms with E-state index in [9.17, 15) is 0 Å². The Morgan fingerprint density at radius 1 is 1.20 bits per heavy atom. The molecule has 0 fully saturated rings. The summed E-state index contributed by atoms with van der Waals surface area (Å²) in [6, 6.07) is 10.4. The maximum Gasteiger partial charge on any atom is 0.0606 e. The number of hydrogen-bond acceptors (Lipinski definition) is 2. The first kappa shape index (κ1) is 15.0. The van der Waals surface area contributed by atoms with Crippen molar-refractivity contribution in [2.75, 3.05) is 6.54 Å². The second kappa shape index (κ2) is 6.87. The van der Waals surface area contributed by atoms with E-state index < -0.39 is 0 Å². The molecule has 0 amide bonds. The predicted molar refractivity (Wildman–Crippen MR) is 85.3 cm³/mol. The maximum atomic E-state index is 6.49. The molecule has 0 saturated carbocycles. The molecule has 1 atom stereocenters. The van der Waals surface area contributed by atoms with Crippen LogP contribution in [0.25, 0.3) is 0 Å². The van der Waals surface area contributed by atoms with E-state index in [0.29, 0.717) is 0 Å². The second-order valence-corrected chi connectivity index (χ2v) is 5.48. The number of aromatic nitrogens is 1. The van der Waals surface area contributed by atoms with Crippen LogP contribution in [0.2, 0.25) is 5.02 Å². The van der Waals surface area contributed by atoms with E-state index in [1.54, 1.807) is 0 Å². The van der Waals surface area contributed by atoms with Gasteiger partial charge in [0.05, 0.1) is 6.04 Å². The van der Waals surface area contributed by atoms with Gasteiger partial charge in [0.1, 0.15) is 0 Å². The van der Waals surface area contributed by atoms with Gasteiger partial charge >= 0.3 is 0 Å². The van der Waals surface area contributed by atoms with Gasteiger partial charge in [0, 0.05) is 16.9 Å². The molecule has 3 heteroatoms. The average molecular weight is 289 g/mol. The molecule has 1 unspecified atom stereocenters. The molecule has 106 valence electrons. The van der Waals surface area contributed by atoms with Gasteiger partial charge in [0.15, 0.2) is 0 Å². The van der Waals surface area contributed by atoms with Crippen LogP contribution in [0.1, 0.15) is 41.8 Å². The van der Waals surface area contributed by atoms with Crippen LogP contribution in [0.5, 0.6) is 0 Å². The Morgan fingerprint density at radius 3 is 2.65 bits per heavy atom. The summed E-state index contributed by atoms with van der Waals surface area (Å²) < 4.78 is 0. The average Bonchev–Trinajstić information content (AvgIpc) is 2.45. The lowest BCUT2D eigenvalue weighted by Gasteiger charge is -2.21. The van der Waals surface area contributed by atoms with Crippen molar-refractivity contribution < 1.29 is 0 Å². The van der Waals surface area contributed by atoms with Crippen molar-refractivity contribution in [1.29, 1.82) is 0 Å². The number of halogens is 1. The topological polar surface area (TPSA) is 24.9 Å². The second-order valence-electron chi connectivity index (χ2n) is 5.10. The van der Waals surface area contributed by atoms with Gasteiger partial charge < -0.3 is 5.32 Å². The first-order chi connectivity index (χ1) is 9.63. The number of aryl methyl sites for hydroxylation is 2. The zero-order valence-electron chi connectivity index (χ0n) is 12.3. The van der Waals surface area contributed by atoms with Gasteiger partial charge in [-0.15, -0.1) is 0 Å². The Labute approximate surface area is 126 Å². The Hall–Kier alpha value is -1.38. The lowest BCUT2D eigenvalue weighted by molar-refractivity contribution is 0.596. The van der Waals surface area contributed by atoms with Crippen molar-refractivity contribution in [1.82, 2.24) is 10.3 Å². The molecule has 20 heavy (non-hydrogen) atoms. The molecular weight excluding hydrogens is 268 g/mol. The molecule has 1 aromatic heterocycles. The monoisotopic (exact) mass is 288 g/mol. The summed E-state index contributed by atoms with van der Waals surface area (Å²) in [4.78, 5) is 4.40. The lowest BCUT2D eigenvalue weighted by Crippen LogP contribution is -2.23. The summed E-state index contributed by atoms with van der Waals surface area (Å²) in [5.74, 6) is 0. The molecule has 2 aromatic rings. The third kappa shape index (κ3) is 3.38. The van der Waals surface area contributed by atoms with Crippen LogP contribution in [0.3, 0.4) is 0 Å². The Morgan fingerprint density at radius 2 is 2.00 bits per heavy atom. The van der Waals surface area contributed by atoms with E-state index in [0.717, 1.165) is 40.4 Å². The zero-order chi connectivity index (χ0) is 14.5. The number of benzene rings is 1. The smallest absolute Gasteiger partial charge is 0.0606 e. The fraction of sp³-hybridized carbons (Fsp3) is 0.353. The summed E-state index contributed by atoms with van der Waals surface area (Å²) in [7, 11) is 0. The number of pyridine rings is 1. The number of nitrogens with zero attached hydrogens (tertiary/aromatic N) is 1.